The molecule has 0 fully saturated rings. The second-order valence-electron chi connectivity index (χ2n) is 7.83. The van der Waals surface area contributed by atoms with Crippen LogP contribution in [0.15, 0.2) is 42.6 Å². The average molecular weight is 463 g/mol. The van der Waals surface area contributed by atoms with Crippen LogP contribution in [0.2, 0.25) is 0 Å². The van der Waals surface area contributed by atoms with E-state index in [1.54, 1.807) is 29.1 Å². The highest BCUT2D eigenvalue weighted by Crippen LogP contribution is 2.43. The summed E-state index contributed by atoms with van der Waals surface area (Å²) >= 11 is 1.40. The van der Waals surface area contributed by atoms with Crippen LogP contribution in [0, 0.1) is 5.82 Å². The lowest BCUT2D eigenvalue weighted by Gasteiger charge is -2.08. The van der Waals surface area contributed by atoms with Gasteiger partial charge in [-0.3, -0.25) is 4.79 Å². The number of nitrogens with zero attached hydrogens (tertiary/aromatic N) is 4. The Morgan fingerprint density at radius 3 is 2.79 bits per heavy atom. The summed E-state index contributed by atoms with van der Waals surface area (Å²) in [5, 5.41) is 11.4. The van der Waals surface area contributed by atoms with Gasteiger partial charge in [0.1, 0.15) is 17.3 Å². The van der Waals surface area contributed by atoms with Crippen LogP contribution in [0.25, 0.3) is 27.5 Å². The number of benzene rings is 1. The van der Waals surface area contributed by atoms with Gasteiger partial charge in [-0.25, -0.2) is 19.0 Å². The number of halogens is 1. The maximum atomic E-state index is 14.9. The number of pyridine rings is 1. The zero-order valence-corrected chi connectivity index (χ0v) is 19.2. The van der Waals surface area contributed by atoms with Gasteiger partial charge in [0.15, 0.2) is 5.13 Å². The molecule has 0 atom stereocenters. The lowest BCUT2D eigenvalue weighted by atomic mass is 10.0. The standard InChI is InChI=1S/C24H23FN6OS/c1-3-26-20-12-11-15(13-27-20)21-16-7-6-9-18-23(33-24(29-18)28-14(2)32)22(16)31(30-21)19-10-5-4-8-17(19)25/h4-5,8,10-13H,3,6-7,9H2,1-2H3,(H,26,27)(H,28,29,32). The summed E-state index contributed by atoms with van der Waals surface area (Å²) < 4.78 is 16.6. The number of amides is 1. The van der Waals surface area contributed by atoms with E-state index in [9.17, 15) is 9.18 Å². The summed E-state index contributed by atoms with van der Waals surface area (Å²) in [6.07, 6.45) is 4.23. The van der Waals surface area contributed by atoms with Gasteiger partial charge in [-0.05, 0) is 50.5 Å². The number of fused-ring (bicyclic) bond motifs is 3. The minimum atomic E-state index is -0.354. The molecule has 1 amide bonds. The zero-order valence-electron chi connectivity index (χ0n) is 18.4. The number of para-hydroxylation sites is 1. The molecular weight excluding hydrogens is 439 g/mol. The van der Waals surface area contributed by atoms with Crippen LogP contribution in [0.3, 0.4) is 0 Å². The summed E-state index contributed by atoms with van der Waals surface area (Å²) in [5.41, 5.74) is 4.79. The quantitative estimate of drug-likeness (QED) is 0.432. The van der Waals surface area contributed by atoms with Crippen LogP contribution in [0.5, 0.6) is 0 Å². The van der Waals surface area contributed by atoms with Crippen LogP contribution in [0.1, 0.15) is 31.5 Å². The number of hydrogen-bond acceptors (Lipinski definition) is 6. The number of hydrogen-bond donors (Lipinski definition) is 2. The van der Waals surface area contributed by atoms with Crippen LogP contribution >= 0.6 is 11.3 Å². The largest absolute Gasteiger partial charge is 0.370 e. The third kappa shape index (κ3) is 4.00. The van der Waals surface area contributed by atoms with E-state index in [4.69, 9.17) is 5.10 Å². The zero-order chi connectivity index (χ0) is 22.9. The summed E-state index contributed by atoms with van der Waals surface area (Å²) in [7, 11) is 0. The van der Waals surface area contributed by atoms with E-state index >= 15 is 0 Å². The molecule has 2 N–H and O–H groups in total. The molecule has 168 valence electrons. The Morgan fingerprint density at radius 2 is 2.06 bits per heavy atom. The topological polar surface area (TPSA) is 84.7 Å². The number of thiazole rings is 1. The van der Waals surface area contributed by atoms with E-state index < -0.39 is 0 Å². The first-order chi connectivity index (χ1) is 16.0. The molecule has 3 heterocycles. The Morgan fingerprint density at radius 1 is 1.21 bits per heavy atom. The fourth-order valence-corrected chi connectivity index (χ4v) is 5.23. The van der Waals surface area contributed by atoms with Crippen molar-refractivity contribution in [3.63, 3.8) is 0 Å². The molecule has 9 heteroatoms. The van der Waals surface area contributed by atoms with Crippen molar-refractivity contribution in [3.05, 3.63) is 59.7 Å². The van der Waals surface area contributed by atoms with E-state index in [2.05, 4.69) is 20.6 Å². The van der Waals surface area contributed by atoms with Gasteiger partial charge in [-0.2, -0.15) is 5.10 Å². The van der Waals surface area contributed by atoms with Crippen molar-refractivity contribution < 1.29 is 9.18 Å². The molecule has 0 bridgehead atoms. The van der Waals surface area contributed by atoms with E-state index in [-0.39, 0.29) is 11.7 Å². The predicted octanol–water partition coefficient (Wildman–Crippen LogP) is 5.08. The van der Waals surface area contributed by atoms with Gasteiger partial charge in [0.05, 0.1) is 22.0 Å². The molecule has 0 aliphatic heterocycles. The lowest BCUT2D eigenvalue weighted by molar-refractivity contribution is -0.114. The molecule has 3 aromatic heterocycles. The van der Waals surface area contributed by atoms with Gasteiger partial charge in [-0.15, -0.1) is 0 Å². The predicted molar refractivity (Wildman–Crippen MR) is 128 cm³/mol. The van der Waals surface area contributed by atoms with Crippen LogP contribution < -0.4 is 10.6 Å². The first-order valence-electron chi connectivity index (χ1n) is 10.9. The van der Waals surface area contributed by atoms with Gasteiger partial charge in [0.2, 0.25) is 5.91 Å². The Hall–Kier alpha value is -3.59. The van der Waals surface area contributed by atoms with Crippen molar-refractivity contribution in [1.29, 1.82) is 0 Å². The highest BCUT2D eigenvalue weighted by Gasteiger charge is 2.29. The minimum Gasteiger partial charge on any atom is -0.370 e. The summed E-state index contributed by atoms with van der Waals surface area (Å²) in [6, 6.07) is 10.5. The van der Waals surface area contributed by atoms with Gasteiger partial charge >= 0.3 is 0 Å². The molecule has 0 saturated carbocycles. The number of rotatable bonds is 5. The number of carbonyl (C=O) groups excluding carboxylic acids is 1. The van der Waals surface area contributed by atoms with Crippen molar-refractivity contribution in [3.8, 4) is 27.5 Å². The van der Waals surface area contributed by atoms with Crippen molar-refractivity contribution in [2.45, 2.75) is 33.1 Å². The Labute approximate surface area is 194 Å². The third-order valence-electron chi connectivity index (χ3n) is 5.49. The van der Waals surface area contributed by atoms with Crippen molar-refractivity contribution in [2.75, 3.05) is 17.2 Å². The third-order valence-corrected chi connectivity index (χ3v) is 6.51. The number of carbonyl (C=O) groups is 1. The number of nitrogens with one attached hydrogen (secondary N) is 2. The molecule has 0 saturated heterocycles. The molecule has 5 rings (SSSR count). The molecule has 0 unspecified atom stereocenters. The summed E-state index contributed by atoms with van der Waals surface area (Å²) in [4.78, 5) is 21.7. The highest BCUT2D eigenvalue weighted by atomic mass is 32.1. The molecule has 0 spiro atoms. The SMILES string of the molecule is CCNc1ccc(-c2nn(-c3ccccc3F)c3c2CCCc2nc(NC(C)=O)sc2-3)cn1. The molecule has 1 aliphatic carbocycles. The normalized spacial score (nSPS) is 12.6. The van der Waals surface area contributed by atoms with E-state index in [0.717, 1.165) is 64.7 Å². The maximum absolute atomic E-state index is 14.9. The molecule has 33 heavy (non-hydrogen) atoms. The second-order valence-corrected chi connectivity index (χ2v) is 8.83. The van der Waals surface area contributed by atoms with Crippen molar-refractivity contribution >= 4 is 28.2 Å². The molecule has 4 aromatic rings. The fraction of sp³-hybridized carbons (Fsp3) is 0.250. The number of aryl methyl sites for hydroxylation is 1. The summed E-state index contributed by atoms with van der Waals surface area (Å²) in [6.45, 7) is 4.27. The minimum absolute atomic E-state index is 0.172. The van der Waals surface area contributed by atoms with Gasteiger partial charge in [0.25, 0.3) is 0 Å². The van der Waals surface area contributed by atoms with Crippen LogP contribution in [-0.2, 0) is 17.6 Å². The highest BCUT2D eigenvalue weighted by molar-refractivity contribution is 7.19. The Balaban J connectivity index is 1.73. The second kappa shape index (κ2) is 8.74. The monoisotopic (exact) mass is 462 g/mol. The van der Waals surface area contributed by atoms with Crippen molar-refractivity contribution in [1.82, 2.24) is 19.7 Å². The van der Waals surface area contributed by atoms with E-state index in [1.165, 1.54) is 24.3 Å². The Bertz CT molecular complexity index is 1330. The van der Waals surface area contributed by atoms with Crippen molar-refractivity contribution in [2.24, 2.45) is 0 Å². The molecule has 0 radical (unpaired) electrons. The maximum Gasteiger partial charge on any atom is 0.223 e. The summed E-state index contributed by atoms with van der Waals surface area (Å²) in [5.74, 6) is 0.271. The van der Waals surface area contributed by atoms with Crippen LogP contribution in [0.4, 0.5) is 15.3 Å². The van der Waals surface area contributed by atoms with Crippen LogP contribution in [-0.4, -0.2) is 32.2 Å². The number of aromatic nitrogens is 4. The van der Waals surface area contributed by atoms with Gasteiger partial charge < -0.3 is 10.6 Å². The van der Waals surface area contributed by atoms with Gasteiger partial charge in [-0.1, -0.05) is 23.5 Å². The lowest BCUT2D eigenvalue weighted by Crippen LogP contribution is -2.05. The molecule has 7 nitrogen and oxygen atoms in total. The van der Waals surface area contributed by atoms with E-state index in [0.29, 0.717) is 10.8 Å². The first kappa shape index (κ1) is 21.3. The molecule has 1 aromatic carbocycles. The Kier molecular flexibility index (Phi) is 5.63. The smallest absolute Gasteiger partial charge is 0.223 e. The fourth-order valence-electron chi connectivity index (χ4n) is 4.11. The average Bonchev–Trinajstić information content (AvgIpc) is 3.31. The van der Waals surface area contributed by atoms with E-state index in [1.807, 2.05) is 19.1 Å². The molecule has 1 aliphatic rings. The molecular formula is C24H23FN6OS. The number of anilines is 2. The van der Waals surface area contributed by atoms with Gasteiger partial charge in [0, 0.05) is 30.8 Å². The first-order valence-corrected chi connectivity index (χ1v) is 11.7.